The number of anilines is 3. The molecule has 0 atom stereocenters. The molecule has 0 unspecified atom stereocenters. The van der Waals surface area contributed by atoms with E-state index >= 15 is 0 Å². The summed E-state index contributed by atoms with van der Waals surface area (Å²) in [6, 6.07) is 9.68. The first-order chi connectivity index (χ1) is 10.5. The third-order valence-electron chi connectivity index (χ3n) is 2.84. The van der Waals surface area contributed by atoms with Crippen LogP contribution in [0.5, 0.6) is 5.75 Å². The predicted octanol–water partition coefficient (Wildman–Crippen LogP) is 4.08. The van der Waals surface area contributed by atoms with Gasteiger partial charge in [-0.05, 0) is 38.0 Å². The number of ether oxygens (including phenoxy) is 1. The summed E-state index contributed by atoms with van der Waals surface area (Å²) in [6.07, 6.45) is 1.86. The lowest BCUT2D eigenvalue weighted by Gasteiger charge is -2.15. The zero-order valence-electron chi connectivity index (χ0n) is 13.6. The molecule has 0 spiro atoms. The molecule has 2 N–H and O–H groups in total. The molecule has 0 amide bonds. The summed E-state index contributed by atoms with van der Waals surface area (Å²) < 4.78 is 5.81. The molecule has 0 aliphatic heterocycles. The SMILES string of the molecule is CC(C)CNc1nccc(Nc2ccccc2OC(C)C)n1. The highest BCUT2D eigenvalue weighted by atomic mass is 16.5. The van der Waals surface area contributed by atoms with Crippen molar-refractivity contribution in [3.05, 3.63) is 36.5 Å². The van der Waals surface area contributed by atoms with Gasteiger partial charge >= 0.3 is 0 Å². The number of nitrogens with zero attached hydrogens (tertiary/aromatic N) is 2. The number of para-hydroxylation sites is 2. The largest absolute Gasteiger partial charge is 0.489 e. The van der Waals surface area contributed by atoms with Crippen LogP contribution in [0.4, 0.5) is 17.5 Å². The molecule has 22 heavy (non-hydrogen) atoms. The molecule has 118 valence electrons. The number of rotatable bonds is 7. The molecule has 0 saturated carbocycles. The molecule has 2 rings (SSSR count). The Balaban J connectivity index is 2.12. The van der Waals surface area contributed by atoms with E-state index < -0.39 is 0 Å². The van der Waals surface area contributed by atoms with Crippen molar-refractivity contribution in [3.8, 4) is 5.75 Å². The zero-order chi connectivity index (χ0) is 15.9. The lowest BCUT2D eigenvalue weighted by atomic mass is 10.2. The second-order valence-corrected chi connectivity index (χ2v) is 5.83. The van der Waals surface area contributed by atoms with E-state index in [0.29, 0.717) is 11.9 Å². The van der Waals surface area contributed by atoms with Crippen LogP contribution in [0.3, 0.4) is 0 Å². The lowest BCUT2D eigenvalue weighted by Crippen LogP contribution is -2.11. The highest BCUT2D eigenvalue weighted by Crippen LogP contribution is 2.27. The summed E-state index contributed by atoms with van der Waals surface area (Å²) in [6.45, 7) is 9.16. The Labute approximate surface area is 132 Å². The maximum absolute atomic E-state index is 5.81. The first-order valence-electron chi connectivity index (χ1n) is 7.64. The van der Waals surface area contributed by atoms with Crippen LogP contribution in [-0.2, 0) is 0 Å². The van der Waals surface area contributed by atoms with E-state index in [-0.39, 0.29) is 6.10 Å². The van der Waals surface area contributed by atoms with Crippen LogP contribution in [0, 0.1) is 5.92 Å². The van der Waals surface area contributed by atoms with Gasteiger partial charge in [0.2, 0.25) is 5.95 Å². The Kier molecular flexibility index (Phi) is 5.58. The number of hydrogen-bond acceptors (Lipinski definition) is 5. The van der Waals surface area contributed by atoms with Gasteiger partial charge < -0.3 is 15.4 Å². The fourth-order valence-corrected chi connectivity index (χ4v) is 1.87. The topological polar surface area (TPSA) is 59.1 Å². The van der Waals surface area contributed by atoms with Crippen LogP contribution in [0.25, 0.3) is 0 Å². The second-order valence-electron chi connectivity index (χ2n) is 5.83. The molecule has 1 aromatic heterocycles. The molecule has 1 heterocycles. The van der Waals surface area contributed by atoms with Crippen molar-refractivity contribution in [3.63, 3.8) is 0 Å². The van der Waals surface area contributed by atoms with Gasteiger partial charge in [-0.3, -0.25) is 0 Å². The summed E-state index contributed by atoms with van der Waals surface area (Å²) >= 11 is 0. The Morgan fingerprint density at radius 1 is 1.09 bits per heavy atom. The average molecular weight is 300 g/mol. The van der Waals surface area contributed by atoms with Crippen LogP contribution < -0.4 is 15.4 Å². The van der Waals surface area contributed by atoms with Gasteiger partial charge in [-0.2, -0.15) is 4.98 Å². The van der Waals surface area contributed by atoms with Crippen LogP contribution in [0.1, 0.15) is 27.7 Å². The molecular weight excluding hydrogens is 276 g/mol. The molecule has 5 heteroatoms. The summed E-state index contributed by atoms with van der Waals surface area (Å²) in [4.78, 5) is 8.70. The summed E-state index contributed by atoms with van der Waals surface area (Å²) in [5.74, 6) is 2.72. The number of benzene rings is 1. The molecule has 0 aliphatic carbocycles. The summed E-state index contributed by atoms with van der Waals surface area (Å²) in [7, 11) is 0. The maximum Gasteiger partial charge on any atom is 0.224 e. The minimum Gasteiger partial charge on any atom is -0.489 e. The van der Waals surface area contributed by atoms with Crippen LogP contribution >= 0.6 is 0 Å². The minimum atomic E-state index is 0.122. The second kappa shape index (κ2) is 7.64. The monoisotopic (exact) mass is 300 g/mol. The van der Waals surface area contributed by atoms with Crippen LogP contribution in [0.2, 0.25) is 0 Å². The zero-order valence-corrected chi connectivity index (χ0v) is 13.6. The minimum absolute atomic E-state index is 0.122. The highest BCUT2D eigenvalue weighted by molar-refractivity contribution is 5.64. The first-order valence-corrected chi connectivity index (χ1v) is 7.64. The first kappa shape index (κ1) is 16.1. The van der Waals surface area contributed by atoms with Gasteiger partial charge in [0.1, 0.15) is 11.6 Å². The van der Waals surface area contributed by atoms with Gasteiger partial charge in [-0.15, -0.1) is 0 Å². The fourth-order valence-electron chi connectivity index (χ4n) is 1.87. The van der Waals surface area contributed by atoms with Crippen LogP contribution in [-0.4, -0.2) is 22.6 Å². The van der Waals surface area contributed by atoms with Crippen molar-refractivity contribution in [2.75, 3.05) is 17.2 Å². The van der Waals surface area contributed by atoms with E-state index in [4.69, 9.17) is 4.74 Å². The number of aromatic nitrogens is 2. The van der Waals surface area contributed by atoms with E-state index in [1.807, 2.05) is 44.2 Å². The van der Waals surface area contributed by atoms with Crippen molar-refractivity contribution in [1.82, 2.24) is 9.97 Å². The molecule has 1 aromatic carbocycles. The number of hydrogen-bond donors (Lipinski definition) is 2. The molecule has 5 nitrogen and oxygen atoms in total. The molecule has 0 radical (unpaired) electrons. The normalized spacial score (nSPS) is 10.8. The predicted molar refractivity (Wildman–Crippen MR) is 90.8 cm³/mol. The van der Waals surface area contributed by atoms with E-state index in [1.54, 1.807) is 6.20 Å². The Morgan fingerprint density at radius 3 is 2.59 bits per heavy atom. The van der Waals surface area contributed by atoms with Crippen molar-refractivity contribution >= 4 is 17.5 Å². The molecular formula is C17H24N4O. The van der Waals surface area contributed by atoms with Crippen molar-refractivity contribution < 1.29 is 4.74 Å². The Bertz CT molecular complexity index is 599. The van der Waals surface area contributed by atoms with Gasteiger partial charge in [0.25, 0.3) is 0 Å². The highest BCUT2D eigenvalue weighted by Gasteiger charge is 2.07. The Hall–Kier alpha value is -2.30. The van der Waals surface area contributed by atoms with E-state index in [9.17, 15) is 0 Å². The third kappa shape index (κ3) is 4.91. The van der Waals surface area contributed by atoms with Crippen molar-refractivity contribution in [1.29, 1.82) is 0 Å². The molecule has 0 saturated heterocycles. The van der Waals surface area contributed by atoms with E-state index in [0.717, 1.165) is 23.8 Å². The molecule has 0 fully saturated rings. The van der Waals surface area contributed by atoms with Crippen molar-refractivity contribution in [2.45, 2.75) is 33.8 Å². The van der Waals surface area contributed by atoms with Gasteiger partial charge in [-0.1, -0.05) is 26.0 Å². The van der Waals surface area contributed by atoms with Crippen molar-refractivity contribution in [2.24, 2.45) is 5.92 Å². The van der Waals surface area contributed by atoms with Gasteiger partial charge in [0, 0.05) is 12.7 Å². The van der Waals surface area contributed by atoms with Gasteiger partial charge in [0.05, 0.1) is 11.8 Å². The molecule has 0 aliphatic rings. The maximum atomic E-state index is 5.81. The standard InChI is InChI=1S/C17H24N4O/c1-12(2)11-19-17-18-10-9-16(21-17)20-14-7-5-6-8-15(14)22-13(3)4/h5-10,12-13H,11H2,1-4H3,(H2,18,19,20,21). The number of nitrogens with one attached hydrogen (secondary N) is 2. The lowest BCUT2D eigenvalue weighted by molar-refractivity contribution is 0.244. The van der Waals surface area contributed by atoms with E-state index in [2.05, 4.69) is 34.4 Å². The van der Waals surface area contributed by atoms with Gasteiger partial charge in [0.15, 0.2) is 0 Å². The fraction of sp³-hybridized carbons (Fsp3) is 0.412. The van der Waals surface area contributed by atoms with Gasteiger partial charge in [-0.25, -0.2) is 4.98 Å². The quantitative estimate of drug-likeness (QED) is 0.807. The van der Waals surface area contributed by atoms with Crippen LogP contribution in [0.15, 0.2) is 36.5 Å². The Morgan fingerprint density at radius 2 is 1.86 bits per heavy atom. The smallest absolute Gasteiger partial charge is 0.224 e. The van der Waals surface area contributed by atoms with E-state index in [1.165, 1.54) is 0 Å². The average Bonchev–Trinajstić information content (AvgIpc) is 2.47. The third-order valence-corrected chi connectivity index (χ3v) is 2.84. The molecule has 2 aromatic rings. The molecule has 0 bridgehead atoms. The summed E-state index contributed by atoms with van der Waals surface area (Å²) in [5, 5.41) is 6.51. The summed E-state index contributed by atoms with van der Waals surface area (Å²) in [5.41, 5.74) is 0.893.